The van der Waals surface area contributed by atoms with Crippen LogP contribution in [0.4, 0.5) is 4.39 Å². The largest absolute Gasteiger partial charge is 0.488 e. The van der Waals surface area contributed by atoms with E-state index in [1.807, 2.05) is 30.3 Å². The van der Waals surface area contributed by atoms with Crippen LogP contribution in [0.1, 0.15) is 38.5 Å². The highest BCUT2D eigenvalue weighted by Crippen LogP contribution is 2.38. The summed E-state index contributed by atoms with van der Waals surface area (Å²) in [7, 11) is 0. The van der Waals surface area contributed by atoms with E-state index in [1.165, 1.54) is 6.92 Å². The predicted molar refractivity (Wildman–Crippen MR) is 124 cm³/mol. The molecule has 3 aromatic carbocycles. The molecule has 0 aliphatic carbocycles. The van der Waals surface area contributed by atoms with Gasteiger partial charge in [-0.3, -0.25) is 0 Å². The number of hydrogen-bond acceptors (Lipinski definition) is 5. The topological polar surface area (TPSA) is 76.0 Å². The smallest absolute Gasteiger partial charge is 0.347 e. The Kier molecular flexibility index (Phi) is 8.35. The number of esters is 1. The maximum atomic E-state index is 15.6. The Balaban J connectivity index is 2.18. The van der Waals surface area contributed by atoms with Gasteiger partial charge in [0.1, 0.15) is 29.5 Å². The first-order chi connectivity index (χ1) is 16.0. The van der Waals surface area contributed by atoms with Crippen molar-refractivity contribution in [2.24, 2.45) is 0 Å². The summed E-state index contributed by atoms with van der Waals surface area (Å²) < 4.78 is 27.2. The van der Waals surface area contributed by atoms with Crippen molar-refractivity contribution >= 4 is 5.97 Å². The van der Waals surface area contributed by atoms with Crippen molar-refractivity contribution < 1.29 is 28.9 Å². The summed E-state index contributed by atoms with van der Waals surface area (Å²) in [5.74, 6) is -1.86. The van der Waals surface area contributed by atoms with Crippen molar-refractivity contribution in [1.82, 2.24) is 0 Å². The monoisotopic (exact) mass is 450 g/mol. The van der Waals surface area contributed by atoms with E-state index in [1.54, 1.807) is 36.4 Å². The lowest BCUT2D eigenvalue weighted by molar-refractivity contribution is 0.0727. The number of ether oxygens (including phenoxy) is 2. The fraction of sp³-hybridized carbons (Fsp3) is 0.222. The molecule has 0 unspecified atom stereocenters. The first kappa shape index (κ1) is 24.2. The molecule has 0 amide bonds. The Hall–Kier alpha value is -3.48. The molecule has 0 aliphatic heterocycles. The highest BCUT2D eigenvalue weighted by atomic mass is 19.1. The predicted octanol–water partition coefficient (Wildman–Crippen LogP) is 4.73. The van der Waals surface area contributed by atoms with Crippen molar-refractivity contribution in [3.63, 3.8) is 0 Å². The number of aliphatic hydroxyl groups is 2. The molecule has 0 bridgehead atoms. The normalized spacial score (nSPS) is 10.8. The zero-order valence-electron chi connectivity index (χ0n) is 18.5. The maximum absolute atomic E-state index is 15.6. The first-order valence-corrected chi connectivity index (χ1v) is 10.6. The van der Waals surface area contributed by atoms with Crippen molar-refractivity contribution in [3.05, 3.63) is 107 Å². The van der Waals surface area contributed by atoms with Gasteiger partial charge in [0.15, 0.2) is 0 Å². The highest BCUT2D eigenvalue weighted by molar-refractivity contribution is 5.96. The van der Waals surface area contributed by atoms with Gasteiger partial charge in [-0.2, -0.15) is 0 Å². The van der Waals surface area contributed by atoms with Gasteiger partial charge < -0.3 is 19.7 Å². The van der Waals surface area contributed by atoms with Crippen LogP contribution in [0.5, 0.6) is 11.5 Å². The number of hydrogen-bond donors (Lipinski definition) is 2. The SMILES string of the molecule is C=CCc1c(OCc2ccccc2)c(C(=O)Oc2ccccc2)c(C)c(F)c1C(CO)CO. The number of para-hydroxylation sites is 1. The van der Waals surface area contributed by atoms with E-state index in [9.17, 15) is 15.0 Å². The van der Waals surface area contributed by atoms with Gasteiger partial charge in [-0.15, -0.1) is 6.58 Å². The Bertz CT molecular complexity index is 1090. The summed E-state index contributed by atoms with van der Waals surface area (Å²) in [5.41, 5.74) is 1.29. The molecule has 0 radical (unpaired) electrons. The van der Waals surface area contributed by atoms with E-state index in [0.717, 1.165) is 5.56 Å². The van der Waals surface area contributed by atoms with E-state index in [4.69, 9.17) is 9.47 Å². The second kappa shape index (κ2) is 11.4. The van der Waals surface area contributed by atoms with E-state index in [2.05, 4.69) is 6.58 Å². The molecule has 0 saturated carbocycles. The molecule has 0 saturated heterocycles. The lowest BCUT2D eigenvalue weighted by atomic mass is 9.87. The number of carbonyl (C=O) groups excluding carboxylic acids is 1. The van der Waals surface area contributed by atoms with Crippen LogP contribution in [0.2, 0.25) is 0 Å². The van der Waals surface area contributed by atoms with Crippen LogP contribution in [0, 0.1) is 12.7 Å². The third-order valence-corrected chi connectivity index (χ3v) is 5.35. The maximum Gasteiger partial charge on any atom is 0.347 e. The van der Waals surface area contributed by atoms with Crippen LogP contribution in [-0.2, 0) is 13.0 Å². The van der Waals surface area contributed by atoms with Crippen LogP contribution < -0.4 is 9.47 Å². The first-order valence-electron chi connectivity index (χ1n) is 10.6. The Morgan fingerprint density at radius 1 is 1.06 bits per heavy atom. The molecular formula is C27H27FO5. The third-order valence-electron chi connectivity index (χ3n) is 5.35. The average Bonchev–Trinajstić information content (AvgIpc) is 2.84. The van der Waals surface area contributed by atoms with Crippen LogP contribution in [-0.4, -0.2) is 29.4 Å². The zero-order valence-corrected chi connectivity index (χ0v) is 18.5. The van der Waals surface area contributed by atoms with Gasteiger partial charge in [0.25, 0.3) is 0 Å². The summed E-state index contributed by atoms with van der Waals surface area (Å²) in [5, 5.41) is 19.5. The van der Waals surface area contributed by atoms with Crippen molar-refractivity contribution in [3.8, 4) is 11.5 Å². The van der Waals surface area contributed by atoms with E-state index in [-0.39, 0.29) is 35.5 Å². The fourth-order valence-electron chi connectivity index (χ4n) is 3.68. The molecule has 3 rings (SSSR count). The summed E-state index contributed by atoms with van der Waals surface area (Å²) in [6, 6.07) is 17.8. The van der Waals surface area contributed by atoms with Gasteiger partial charge >= 0.3 is 5.97 Å². The average molecular weight is 451 g/mol. The van der Waals surface area contributed by atoms with E-state index in [0.29, 0.717) is 11.3 Å². The summed E-state index contributed by atoms with van der Waals surface area (Å²) in [6.45, 7) is 4.39. The quantitative estimate of drug-likeness (QED) is 0.265. The molecule has 33 heavy (non-hydrogen) atoms. The summed E-state index contributed by atoms with van der Waals surface area (Å²) in [4.78, 5) is 13.2. The standard InChI is InChI=1S/C27H27FO5/c1-3-10-22-24(20(15-29)16-30)25(28)18(2)23(27(31)33-21-13-8-5-9-14-21)26(22)32-17-19-11-6-4-7-12-19/h3-9,11-14,20,29-30H,1,10,15-17H2,2H3. The molecule has 2 N–H and O–H groups in total. The minimum Gasteiger partial charge on any atom is -0.488 e. The Morgan fingerprint density at radius 3 is 2.24 bits per heavy atom. The van der Waals surface area contributed by atoms with Crippen molar-refractivity contribution in [2.45, 2.75) is 25.9 Å². The molecule has 0 heterocycles. The van der Waals surface area contributed by atoms with Gasteiger partial charge in [-0.25, -0.2) is 9.18 Å². The Morgan fingerprint density at radius 2 is 1.67 bits per heavy atom. The molecule has 0 atom stereocenters. The molecule has 0 fully saturated rings. The molecule has 6 heteroatoms. The summed E-state index contributed by atoms with van der Waals surface area (Å²) >= 11 is 0. The van der Waals surface area contributed by atoms with Crippen LogP contribution in [0.25, 0.3) is 0 Å². The molecule has 5 nitrogen and oxygen atoms in total. The molecule has 0 spiro atoms. The minimum absolute atomic E-state index is 0.0219. The lowest BCUT2D eigenvalue weighted by Gasteiger charge is -2.24. The second-order valence-electron chi connectivity index (χ2n) is 7.57. The summed E-state index contributed by atoms with van der Waals surface area (Å²) in [6.07, 6.45) is 1.72. The van der Waals surface area contributed by atoms with Gasteiger partial charge in [-0.1, -0.05) is 54.6 Å². The number of rotatable bonds is 10. The van der Waals surface area contributed by atoms with Gasteiger partial charge in [-0.05, 0) is 31.0 Å². The molecular weight excluding hydrogens is 423 g/mol. The fourth-order valence-corrected chi connectivity index (χ4v) is 3.68. The number of allylic oxidation sites excluding steroid dienone is 1. The third kappa shape index (κ3) is 5.48. The highest BCUT2D eigenvalue weighted by Gasteiger charge is 2.31. The number of halogens is 1. The molecule has 172 valence electrons. The number of aliphatic hydroxyl groups excluding tert-OH is 2. The van der Waals surface area contributed by atoms with Crippen LogP contribution in [0.15, 0.2) is 73.3 Å². The van der Waals surface area contributed by atoms with E-state index >= 15 is 4.39 Å². The second-order valence-corrected chi connectivity index (χ2v) is 7.57. The Labute approximate surface area is 192 Å². The van der Waals surface area contributed by atoms with E-state index < -0.39 is 30.9 Å². The molecule has 0 aliphatic rings. The van der Waals surface area contributed by atoms with Gasteiger partial charge in [0, 0.05) is 22.6 Å². The lowest BCUT2D eigenvalue weighted by Crippen LogP contribution is -2.21. The van der Waals surface area contributed by atoms with Crippen LogP contribution >= 0.6 is 0 Å². The van der Waals surface area contributed by atoms with Crippen LogP contribution in [0.3, 0.4) is 0 Å². The molecule has 0 aromatic heterocycles. The number of benzene rings is 3. The van der Waals surface area contributed by atoms with Gasteiger partial charge in [0.2, 0.25) is 0 Å². The van der Waals surface area contributed by atoms with Crippen molar-refractivity contribution in [1.29, 1.82) is 0 Å². The molecule has 3 aromatic rings. The van der Waals surface area contributed by atoms with Gasteiger partial charge in [0.05, 0.1) is 13.2 Å². The van der Waals surface area contributed by atoms with Crippen molar-refractivity contribution in [2.75, 3.05) is 13.2 Å². The minimum atomic E-state index is -0.878. The number of carbonyl (C=O) groups is 1. The zero-order chi connectivity index (χ0) is 23.8.